The summed E-state index contributed by atoms with van der Waals surface area (Å²) in [6, 6.07) is 9.37. The van der Waals surface area contributed by atoms with Crippen LogP contribution >= 0.6 is 11.3 Å². The van der Waals surface area contributed by atoms with E-state index in [1.165, 1.54) is 11.3 Å². The third-order valence-corrected chi connectivity index (χ3v) is 3.35. The minimum absolute atomic E-state index is 0.0849. The van der Waals surface area contributed by atoms with E-state index in [4.69, 9.17) is 5.26 Å². The lowest BCUT2D eigenvalue weighted by Gasteiger charge is -2.04. The molecule has 1 heterocycles. The van der Waals surface area contributed by atoms with Crippen LogP contribution in [0, 0.1) is 18.3 Å². The van der Waals surface area contributed by atoms with Gasteiger partial charge in [0.15, 0.2) is 0 Å². The van der Waals surface area contributed by atoms with Gasteiger partial charge in [0.05, 0.1) is 29.6 Å². The zero-order chi connectivity index (χ0) is 13.7. The fraction of sp³-hybridized carbons (Fsp3) is 0.214. The van der Waals surface area contributed by atoms with Crippen LogP contribution < -0.4 is 5.32 Å². The maximum atomic E-state index is 11.8. The molecule has 0 spiro atoms. The molecule has 1 aromatic heterocycles. The number of hydrogen-bond acceptors (Lipinski definition) is 4. The zero-order valence-corrected chi connectivity index (χ0v) is 11.3. The van der Waals surface area contributed by atoms with Crippen LogP contribution in [0.15, 0.2) is 29.6 Å². The molecule has 0 radical (unpaired) electrons. The number of thiazole rings is 1. The highest BCUT2D eigenvalue weighted by atomic mass is 32.1. The molecule has 0 aliphatic heterocycles. The molecular weight excluding hydrogens is 258 g/mol. The highest BCUT2D eigenvalue weighted by Gasteiger charge is 2.06. The Hall–Kier alpha value is -2.19. The molecule has 1 N–H and O–H groups in total. The van der Waals surface area contributed by atoms with Gasteiger partial charge in [0.25, 0.3) is 0 Å². The van der Waals surface area contributed by atoms with Crippen LogP contribution in [0.2, 0.25) is 0 Å². The Morgan fingerprint density at radius 1 is 1.42 bits per heavy atom. The van der Waals surface area contributed by atoms with Gasteiger partial charge in [-0.25, -0.2) is 4.98 Å². The Morgan fingerprint density at radius 2 is 2.16 bits per heavy atom. The fourth-order valence-corrected chi connectivity index (χ4v) is 2.27. The van der Waals surface area contributed by atoms with Crippen molar-refractivity contribution >= 4 is 22.9 Å². The van der Waals surface area contributed by atoms with Crippen molar-refractivity contribution in [3.8, 4) is 6.07 Å². The highest BCUT2D eigenvalue weighted by molar-refractivity contribution is 7.09. The van der Waals surface area contributed by atoms with Crippen molar-refractivity contribution in [2.45, 2.75) is 19.8 Å². The summed E-state index contributed by atoms with van der Waals surface area (Å²) < 4.78 is 0. The van der Waals surface area contributed by atoms with Crippen molar-refractivity contribution in [3.05, 3.63) is 45.9 Å². The van der Waals surface area contributed by atoms with Crippen molar-refractivity contribution in [1.82, 2.24) is 4.98 Å². The number of hydrogen-bond donors (Lipinski definition) is 1. The molecule has 19 heavy (non-hydrogen) atoms. The van der Waals surface area contributed by atoms with Crippen LogP contribution in [-0.2, 0) is 17.6 Å². The van der Waals surface area contributed by atoms with E-state index in [0.29, 0.717) is 6.42 Å². The fourth-order valence-electron chi connectivity index (χ4n) is 1.66. The van der Waals surface area contributed by atoms with Gasteiger partial charge in [-0.1, -0.05) is 12.1 Å². The molecule has 1 aromatic carbocycles. The molecule has 0 saturated carbocycles. The molecule has 1 amide bonds. The quantitative estimate of drug-likeness (QED) is 0.929. The van der Waals surface area contributed by atoms with E-state index in [-0.39, 0.29) is 12.3 Å². The topological polar surface area (TPSA) is 65.8 Å². The second-order valence-corrected chi connectivity index (χ2v) is 5.18. The molecule has 5 heteroatoms. The van der Waals surface area contributed by atoms with E-state index < -0.39 is 0 Å². The standard InChI is InChI=1S/C14H13N3OS/c1-10-16-13(9-19-10)8-14(18)17-12-4-2-11(3-5-12)6-7-15/h2-5,9H,6,8H2,1H3,(H,17,18). The van der Waals surface area contributed by atoms with Crippen LogP contribution in [0.1, 0.15) is 16.3 Å². The van der Waals surface area contributed by atoms with Crippen molar-refractivity contribution in [1.29, 1.82) is 5.26 Å². The molecular formula is C14H13N3OS. The largest absolute Gasteiger partial charge is 0.326 e. The SMILES string of the molecule is Cc1nc(CC(=O)Nc2ccc(CC#N)cc2)cs1. The van der Waals surface area contributed by atoms with Crippen molar-refractivity contribution in [2.75, 3.05) is 5.32 Å². The third-order valence-electron chi connectivity index (χ3n) is 2.53. The first kappa shape index (κ1) is 13.2. The predicted molar refractivity (Wildman–Crippen MR) is 74.9 cm³/mol. The van der Waals surface area contributed by atoms with E-state index in [2.05, 4.69) is 16.4 Å². The summed E-state index contributed by atoms with van der Waals surface area (Å²) in [5, 5.41) is 14.2. The maximum absolute atomic E-state index is 11.8. The van der Waals surface area contributed by atoms with E-state index in [1.54, 1.807) is 12.1 Å². The van der Waals surface area contributed by atoms with Crippen molar-refractivity contribution in [2.24, 2.45) is 0 Å². The number of benzene rings is 1. The first-order valence-corrected chi connectivity index (χ1v) is 6.72. The van der Waals surface area contributed by atoms with Crippen LogP contribution in [0.3, 0.4) is 0 Å². The van der Waals surface area contributed by atoms with E-state index >= 15 is 0 Å². The molecule has 0 aliphatic carbocycles. The summed E-state index contributed by atoms with van der Waals surface area (Å²) >= 11 is 1.54. The van der Waals surface area contributed by atoms with Gasteiger partial charge in [-0.3, -0.25) is 4.79 Å². The van der Waals surface area contributed by atoms with E-state index in [1.807, 2.05) is 24.4 Å². The molecule has 0 bridgehead atoms. The normalized spacial score (nSPS) is 9.89. The summed E-state index contributed by atoms with van der Waals surface area (Å²) in [6.07, 6.45) is 0.663. The molecule has 0 aliphatic rings. The lowest BCUT2D eigenvalue weighted by Crippen LogP contribution is -2.14. The zero-order valence-electron chi connectivity index (χ0n) is 10.5. The van der Waals surface area contributed by atoms with Crippen LogP contribution in [0.25, 0.3) is 0 Å². The number of amides is 1. The third kappa shape index (κ3) is 3.90. The summed E-state index contributed by atoms with van der Waals surface area (Å²) in [7, 11) is 0. The highest BCUT2D eigenvalue weighted by Crippen LogP contribution is 2.12. The number of rotatable bonds is 4. The lowest BCUT2D eigenvalue weighted by molar-refractivity contribution is -0.115. The van der Waals surface area contributed by atoms with Gasteiger partial charge in [-0.2, -0.15) is 5.26 Å². The van der Waals surface area contributed by atoms with Gasteiger partial charge in [0.2, 0.25) is 5.91 Å². The van der Waals surface area contributed by atoms with E-state index in [0.717, 1.165) is 22.0 Å². The molecule has 0 atom stereocenters. The Balaban J connectivity index is 1.93. The maximum Gasteiger partial charge on any atom is 0.230 e. The lowest BCUT2D eigenvalue weighted by atomic mass is 10.1. The van der Waals surface area contributed by atoms with Gasteiger partial charge in [-0.15, -0.1) is 11.3 Å². The number of nitrogens with zero attached hydrogens (tertiary/aromatic N) is 2. The number of nitrogens with one attached hydrogen (secondary N) is 1. The van der Waals surface area contributed by atoms with Crippen LogP contribution in [-0.4, -0.2) is 10.9 Å². The van der Waals surface area contributed by atoms with Gasteiger partial charge >= 0.3 is 0 Å². The first-order chi connectivity index (χ1) is 9.17. The molecule has 0 fully saturated rings. The Morgan fingerprint density at radius 3 is 2.74 bits per heavy atom. The number of anilines is 1. The van der Waals surface area contributed by atoms with Gasteiger partial charge in [0, 0.05) is 11.1 Å². The molecule has 2 aromatic rings. The van der Waals surface area contributed by atoms with Crippen molar-refractivity contribution in [3.63, 3.8) is 0 Å². The van der Waals surface area contributed by atoms with Crippen LogP contribution in [0.4, 0.5) is 5.69 Å². The minimum atomic E-state index is -0.0849. The number of nitriles is 1. The molecule has 96 valence electrons. The molecule has 4 nitrogen and oxygen atoms in total. The number of aromatic nitrogens is 1. The van der Waals surface area contributed by atoms with Gasteiger partial charge < -0.3 is 5.32 Å². The number of aryl methyl sites for hydroxylation is 1. The Labute approximate surface area is 115 Å². The smallest absolute Gasteiger partial charge is 0.230 e. The predicted octanol–water partition coefficient (Wildman–Crippen LogP) is 2.70. The summed E-state index contributed by atoms with van der Waals surface area (Å²) in [5.74, 6) is -0.0849. The summed E-state index contributed by atoms with van der Waals surface area (Å²) in [5.41, 5.74) is 2.47. The minimum Gasteiger partial charge on any atom is -0.326 e. The molecule has 0 unspecified atom stereocenters. The average Bonchev–Trinajstić information content (AvgIpc) is 2.77. The average molecular weight is 271 g/mol. The molecule has 0 saturated heterocycles. The Bertz CT molecular complexity index is 610. The second kappa shape index (κ2) is 6.12. The summed E-state index contributed by atoms with van der Waals surface area (Å²) in [4.78, 5) is 16.1. The number of carbonyl (C=O) groups is 1. The van der Waals surface area contributed by atoms with Crippen molar-refractivity contribution < 1.29 is 4.79 Å². The van der Waals surface area contributed by atoms with Gasteiger partial charge in [-0.05, 0) is 24.6 Å². The van der Waals surface area contributed by atoms with Crippen LogP contribution in [0.5, 0.6) is 0 Å². The number of carbonyl (C=O) groups excluding carboxylic acids is 1. The Kier molecular flexibility index (Phi) is 4.26. The first-order valence-electron chi connectivity index (χ1n) is 5.84. The monoisotopic (exact) mass is 271 g/mol. The second-order valence-electron chi connectivity index (χ2n) is 4.11. The van der Waals surface area contributed by atoms with Gasteiger partial charge in [0.1, 0.15) is 0 Å². The summed E-state index contributed by atoms with van der Waals surface area (Å²) in [6.45, 7) is 1.92. The molecule has 2 rings (SSSR count). The van der Waals surface area contributed by atoms with E-state index in [9.17, 15) is 4.79 Å².